The predicted octanol–water partition coefficient (Wildman–Crippen LogP) is 2.71. The van der Waals surface area contributed by atoms with Gasteiger partial charge in [-0.25, -0.2) is 4.79 Å². The topological polar surface area (TPSA) is 58.3 Å². The minimum atomic E-state index is -4.21. The van der Waals surface area contributed by atoms with Crippen LogP contribution in [0.3, 0.4) is 0 Å². The summed E-state index contributed by atoms with van der Waals surface area (Å²) in [6.07, 6.45) is -5.29. The Hall–Kier alpha value is -2.29. The zero-order chi connectivity index (χ0) is 18.4. The van der Waals surface area contributed by atoms with Gasteiger partial charge < -0.3 is 9.47 Å². The minimum Gasteiger partial charge on any atom is -0.491 e. The summed E-state index contributed by atoms with van der Waals surface area (Å²) in [5.74, 6) is 0.817. The van der Waals surface area contributed by atoms with E-state index in [-0.39, 0.29) is 18.7 Å². The van der Waals surface area contributed by atoms with Crippen molar-refractivity contribution >= 4 is 0 Å². The summed E-state index contributed by atoms with van der Waals surface area (Å²) in [7, 11) is 1.54. The molecule has 0 unspecified atom stereocenters. The second-order valence-electron chi connectivity index (χ2n) is 5.42. The third-order valence-electron chi connectivity index (χ3n) is 3.52. The van der Waals surface area contributed by atoms with Crippen LogP contribution in [0.1, 0.15) is 18.7 Å². The second kappa shape index (κ2) is 8.19. The van der Waals surface area contributed by atoms with Crippen LogP contribution in [-0.2, 0) is 11.3 Å². The number of para-hydroxylation sites is 2. The number of halogens is 3. The lowest BCUT2D eigenvalue weighted by Gasteiger charge is -2.11. The molecule has 138 valence electrons. The van der Waals surface area contributed by atoms with E-state index in [1.54, 1.807) is 31.2 Å². The molecule has 25 heavy (non-hydrogen) atoms. The molecule has 0 spiro atoms. The summed E-state index contributed by atoms with van der Waals surface area (Å²) in [6, 6.07) is 6.61. The maximum absolute atomic E-state index is 12.5. The van der Waals surface area contributed by atoms with E-state index in [1.165, 1.54) is 16.4 Å². The fourth-order valence-corrected chi connectivity index (χ4v) is 2.30. The number of methoxy groups -OCH3 is 1. The Bertz CT molecular complexity index is 753. The van der Waals surface area contributed by atoms with Gasteiger partial charge in [-0.15, -0.1) is 0 Å². The summed E-state index contributed by atoms with van der Waals surface area (Å²) in [5.41, 5.74) is 0.0275. The van der Waals surface area contributed by atoms with Crippen LogP contribution < -0.4 is 10.4 Å². The molecule has 0 aliphatic rings. The number of benzene rings is 1. The Kier molecular flexibility index (Phi) is 6.24. The number of aromatic nitrogens is 3. The molecule has 0 amide bonds. The van der Waals surface area contributed by atoms with E-state index < -0.39 is 12.6 Å². The molecule has 0 bridgehead atoms. The van der Waals surface area contributed by atoms with Gasteiger partial charge in [-0.1, -0.05) is 12.1 Å². The third-order valence-corrected chi connectivity index (χ3v) is 3.52. The molecule has 0 saturated carbocycles. The predicted molar refractivity (Wildman–Crippen MR) is 85.2 cm³/mol. The largest absolute Gasteiger partial charge is 0.491 e. The van der Waals surface area contributed by atoms with Gasteiger partial charge >= 0.3 is 11.9 Å². The molecule has 0 saturated heterocycles. The smallest absolute Gasteiger partial charge is 0.389 e. The lowest BCUT2D eigenvalue weighted by atomic mass is 10.3. The molecular formula is C16H20F3N3O3. The molecule has 0 fully saturated rings. The van der Waals surface area contributed by atoms with Crippen LogP contribution in [-0.4, -0.2) is 40.8 Å². The lowest BCUT2D eigenvalue weighted by molar-refractivity contribution is -0.136. The Morgan fingerprint density at radius 3 is 2.60 bits per heavy atom. The van der Waals surface area contributed by atoms with Crippen molar-refractivity contribution in [3.8, 4) is 11.4 Å². The number of hydrogen-bond acceptors (Lipinski definition) is 4. The van der Waals surface area contributed by atoms with Gasteiger partial charge in [-0.3, -0.25) is 4.57 Å². The van der Waals surface area contributed by atoms with E-state index >= 15 is 0 Å². The average Bonchev–Trinajstić information content (AvgIpc) is 2.83. The van der Waals surface area contributed by atoms with Crippen molar-refractivity contribution in [2.45, 2.75) is 32.5 Å². The van der Waals surface area contributed by atoms with E-state index in [1.807, 2.05) is 0 Å². The Morgan fingerprint density at radius 2 is 1.92 bits per heavy atom. The first-order valence-corrected chi connectivity index (χ1v) is 7.78. The average molecular weight is 359 g/mol. The van der Waals surface area contributed by atoms with Crippen molar-refractivity contribution in [2.75, 3.05) is 20.3 Å². The molecule has 2 aromatic rings. The highest BCUT2D eigenvalue weighted by Crippen LogP contribution is 2.24. The minimum absolute atomic E-state index is 0.103. The molecule has 1 aromatic heterocycles. The standard InChI is InChI=1S/C16H20F3N3O3/c1-12-20-22(15(23)21(12)9-11-24-2)13-6-3-4-7-14(13)25-10-5-8-16(17,18)19/h3-4,6-7H,5,8-11H2,1-2H3. The maximum atomic E-state index is 12.5. The summed E-state index contributed by atoms with van der Waals surface area (Å²) >= 11 is 0. The van der Waals surface area contributed by atoms with Gasteiger partial charge in [0.15, 0.2) is 0 Å². The Labute approximate surface area is 142 Å². The van der Waals surface area contributed by atoms with E-state index in [9.17, 15) is 18.0 Å². The van der Waals surface area contributed by atoms with E-state index in [0.717, 1.165) is 0 Å². The van der Waals surface area contributed by atoms with Gasteiger partial charge in [0.2, 0.25) is 0 Å². The summed E-state index contributed by atoms with van der Waals surface area (Å²) in [6.45, 7) is 2.31. The van der Waals surface area contributed by atoms with Crippen LogP contribution in [0, 0.1) is 6.92 Å². The first kappa shape index (κ1) is 19.0. The van der Waals surface area contributed by atoms with Crippen molar-refractivity contribution < 1.29 is 22.6 Å². The van der Waals surface area contributed by atoms with Crippen molar-refractivity contribution in [3.05, 3.63) is 40.6 Å². The molecule has 1 aromatic carbocycles. The number of hydrogen-bond donors (Lipinski definition) is 0. The highest BCUT2D eigenvalue weighted by molar-refractivity contribution is 5.45. The van der Waals surface area contributed by atoms with Crippen molar-refractivity contribution in [1.82, 2.24) is 14.3 Å². The SMILES string of the molecule is COCCn1c(C)nn(-c2ccccc2OCCCC(F)(F)F)c1=O. The molecule has 9 heteroatoms. The summed E-state index contributed by atoms with van der Waals surface area (Å²) < 4.78 is 49.7. The highest BCUT2D eigenvalue weighted by atomic mass is 19.4. The molecule has 0 N–H and O–H groups in total. The molecule has 0 aliphatic heterocycles. The van der Waals surface area contributed by atoms with Crippen LogP contribution in [0.25, 0.3) is 5.69 Å². The van der Waals surface area contributed by atoms with Crippen LogP contribution >= 0.6 is 0 Å². The molecular weight excluding hydrogens is 339 g/mol. The van der Waals surface area contributed by atoms with E-state index in [4.69, 9.17) is 9.47 Å². The van der Waals surface area contributed by atoms with Gasteiger partial charge in [0.05, 0.1) is 19.8 Å². The maximum Gasteiger partial charge on any atom is 0.389 e. The fraction of sp³-hybridized carbons (Fsp3) is 0.500. The molecule has 0 atom stereocenters. The van der Waals surface area contributed by atoms with Crippen LogP contribution in [0.5, 0.6) is 5.75 Å². The molecule has 1 heterocycles. The highest BCUT2D eigenvalue weighted by Gasteiger charge is 2.26. The third kappa shape index (κ3) is 5.09. The van der Waals surface area contributed by atoms with Gasteiger partial charge in [-0.05, 0) is 25.5 Å². The monoisotopic (exact) mass is 359 g/mol. The Morgan fingerprint density at radius 1 is 1.20 bits per heavy atom. The number of rotatable bonds is 8. The summed E-state index contributed by atoms with van der Waals surface area (Å²) in [5, 5.41) is 4.21. The second-order valence-corrected chi connectivity index (χ2v) is 5.42. The first-order chi connectivity index (χ1) is 11.8. The fourth-order valence-electron chi connectivity index (χ4n) is 2.30. The van der Waals surface area contributed by atoms with E-state index in [0.29, 0.717) is 30.4 Å². The number of nitrogens with zero attached hydrogens (tertiary/aromatic N) is 3. The Balaban J connectivity index is 2.19. The summed E-state index contributed by atoms with van der Waals surface area (Å²) in [4.78, 5) is 12.5. The van der Waals surface area contributed by atoms with Crippen LogP contribution in [0.15, 0.2) is 29.1 Å². The number of aryl methyl sites for hydroxylation is 1. The lowest BCUT2D eigenvalue weighted by Crippen LogP contribution is -2.26. The zero-order valence-electron chi connectivity index (χ0n) is 14.0. The van der Waals surface area contributed by atoms with Crippen LogP contribution in [0.4, 0.5) is 13.2 Å². The molecule has 6 nitrogen and oxygen atoms in total. The molecule has 0 radical (unpaired) electrons. The van der Waals surface area contributed by atoms with Gasteiger partial charge in [0.1, 0.15) is 17.3 Å². The molecule has 0 aliphatic carbocycles. The van der Waals surface area contributed by atoms with Crippen molar-refractivity contribution in [2.24, 2.45) is 0 Å². The number of alkyl halides is 3. The van der Waals surface area contributed by atoms with Gasteiger partial charge in [0, 0.05) is 13.5 Å². The molecule has 2 rings (SSSR count). The van der Waals surface area contributed by atoms with Crippen molar-refractivity contribution in [1.29, 1.82) is 0 Å². The van der Waals surface area contributed by atoms with Crippen molar-refractivity contribution in [3.63, 3.8) is 0 Å². The van der Waals surface area contributed by atoms with E-state index in [2.05, 4.69) is 5.10 Å². The first-order valence-electron chi connectivity index (χ1n) is 7.78. The van der Waals surface area contributed by atoms with Crippen LogP contribution in [0.2, 0.25) is 0 Å². The zero-order valence-corrected chi connectivity index (χ0v) is 14.0. The number of ether oxygens (including phenoxy) is 2. The normalized spacial score (nSPS) is 11.7. The van der Waals surface area contributed by atoms with Gasteiger partial charge in [-0.2, -0.15) is 23.0 Å². The van der Waals surface area contributed by atoms with Gasteiger partial charge in [0.25, 0.3) is 0 Å². The quantitative estimate of drug-likeness (QED) is 0.680.